The molecule has 5 nitrogen and oxygen atoms in total. The predicted octanol–water partition coefficient (Wildman–Crippen LogP) is 2.35. The van der Waals surface area contributed by atoms with E-state index in [1.807, 2.05) is 38.6 Å². The maximum absolute atomic E-state index is 11.5. The van der Waals surface area contributed by atoms with Gasteiger partial charge >= 0.3 is 0 Å². The maximum atomic E-state index is 11.5. The molecule has 2 aromatic rings. The number of aromatic nitrogens is 2. The second kappa shape index (κ2) is 4.60. The summed E-state index contributed by atoms with van der Waals surface area (Å²) in [4.78, 5) is 19.7. The van der Waals surface area contributed by atoms with E-state index in [2.05, 4.69) is 15.3 Å². The number of aliphatic imine (C=N–C) groups is 1. The Hall–Kier alpha value is -2.17. The van der Waals surface area contributed by atoms with Crippen LogP contribution in [0, 0.1) is 6.92 Å². The molecule has 0 spiro atoms. The van der Waals surface area contributed by atoms with Crippen molar-refractivity contribution in [1.82, 2.24) is 9.55 Å². The smallest absolute Gasteiger partial charge is 0.271 e. The standard InChI is InChI=1S/C11H10N4O.C2H6/c1-6-3-8(16)14-10-9-7(6)4-15(2)11(9)13-5-12-10;1-2/h3-5H,1-2H3,(H,12,13,14,16);1-2H3. The molecule has 94 valence electrons. The lowest BCUT2D eigenvalue weighted by Crippen LogP contribution is -2.07. The summed E-state index contributed by atoms with van der Waals surface area (Å²) in [5, 5.41) is 4.83. The molecular formula is C13H16N4O. The molecule has 0 atom stereocenters. The highest BCUT2D eigenvalue weighted by molar-refractivity contribution is 6.07. The van der Waals surface area contributed by atoms with Gasteiger partial charge in [-0.05, 0) is 12.5 Å². The summed E-state index contributed by atoms with van der Waals surface area (Å²) in [6.07, 6.45) is 3.52. The second-order valence-electron chi connectivity index (χ2n) is 3.88. The van der Waals surface area contributed by atoms with Crippen LogP contribution in [0.5, 0.6) is 0 Å². The number of hydrogen-bond acceptors (Lipinski definition) is 4. The van der Waals surface area contributed by atoms with Crippen LogP contribution in [0.3, 0.4) is 0 Å². The van der Waals surface area contributed by atoms with Crippen LogP contribution in [0.4, 0.5) is 11.6 Å². The van der Waals surface area contributed by atoms with E-state index < -0.39 is 0 Å². The Bertz CT molecular complexity index is 685. The van der Waals surface area contributed by atoms with E-state index in [0.717, 1.165) is 22.2 Å². The van der Waals surface area contributed by atoms with Crippen LogP contribution in [0.2, 0.25) is 0 Å². The third-order valence-corrected chi connectivity index (χ3v) is 2.76. The lowest BCUT2D eigenvalue weighted by atomic mass is 10.2. The second-order valence-corrected chi connectivity index (χ2v) is 3.88. The first kappa shape index (κ1) is 12.3. The SMILES string of the molecule is CC.Cc1cc(=O)nc2c3c(n(C)cc13)N=CN2. The van der Waals surface area contributed by atoms with Crippen LogP contribution in [-0.4, -0.2) is 15.9 Å². The Kier molecular flexibility index (Phi) is 3.14. The van der Waals surface area contributed by atoms with Crippen LogP contribution in [0.15, 0.2) is 22.1 Å². The van der Waals surface area contributed by atoms with Gasteiger partial charge in [0.05, 0.1) is 11.7 Å². The number of nitrogens with one attached hydrogen (secondary N) is 1. The van der Waals surface area contributed by atoms with Gasteiger partial charge in [-0.2, -0.15) is 4.98 Å². The van der Waals surface area contributed by atoms with Gasteiger partial charge in [-0.15, -0.1) is 0 Å². The van der Waals surface area contributed by atoms with Gasteiger partial charge in [-0.1, -0.05) is 13.8 Å². The number of nitrogens with zero attached hydrogens (tertiary/aromatic N) is 3. The van der Waals surface area contributed by atoms with Crippen molar-refractivity contribution in [3.05, 3.63) is 28.2 Å². The highest BCUT2D eigenvalue weighted by Crippen LogP contribution is 2.34. The fourth-order valence-corrected chi connectivity index (χ4v) is 2.02. The molecule has 0 radical (unpaired) electrons. The fourth-order valence-electron chi connectivity index (χ4n) is 2.02. The van der Waals surface area contributed by atoms with E-state index in [-0.39, 0.29) is 5.56 Å². The first-order valence-electron chi connectivity index (χ1n) is 5.97. The van der Waals surface area contributed by atoms with E-state index in [1.165, 1.54) is 0 Å². The summed E-state index contributed by atoms with van der Waals surface area (Å²) in [6.45, 7) is 5.91. The van der Waals surface area contributed by atoms with Crippen molar-refractivity contribution in [2.24, 2.45) is 12.0 Å². The highest BCUT2D eigenvalue weighted by atomic mass is 16.1. The largest absolute Gasteiger partial charge is 0.335 e. The summed E-state index contributed by atoms with van der Waals surface area (Å²) in [7, 11) is 1.93. The topological polar surface area (TPSA) is 59.3 Å². The molecule has 2 aromatic heterocycles. The van der Waals surface area contributed by atoms with E-state index in [4.69, 9.17) is 0 Å². The van der Waals surface area contributed by atoms with Gasteiger partial charge in [0.15, 0.2) is 0 Å². The minimum atomic E-state index is -0.236. The molecular weight excluding hydrogens is 228 g/mol. The van der Waals surface area contributed by atoms with Crippen molar-refractivity contribution >= 4 is 28.7 Å². The fraction of sp³-hybridized carbons (Fsp3) is 0.308. The van der Waals surface area contributed by atoms with Crippen LogP contribution in [0.1, 0.15) is 19.4 Å². The predicted molar refractivity (Wildman–Crippen MR) is 74.8 cm³/mol. The molecule has 1 aliphatic heterocycles. The highest BCUT2D eigenvalue weighted by Gasteiger charge is 2.15. The van der Waals surface area contributed by atoms with E-state index in [1.54, 1.807) is 12.4 Å². The molecule has 1 N–H and O–H groups in total. The summed E-state index contributed by atoms with van der Waals surface area (Å²) >= 11 is 0. The van der Waals surface area contributed by atoms with Gasteiger partial charge in [-0.3, -0.25) is 4.79 Å². The Morgan fingerprint density at radius 2 is 2.06 bits per heavy atom. The summed E-state index contributed by atoms with van der Waals surface area (Å²) in [5.41, 5.74) is 0.680. The molecule has 18 heavy (non-hydrogen) atoms. The number of aryl methyl sites for hydroxylation is 2. The van der Waals surface area contributed by atoms with Crippen molar-refractivity contribution in [1.29, 1.82) is 0 Å². The van der Waals surface area contributed by atoms with Crippen molar-refractivity contribution < 1.29 is 0 Å². The normalized spacial score (nSPS) is 11.8. The summed E-state index contributed by atoms with van der Waals surface area (Å²) < 4.78 is 1.94. The van der Waals surface area contributed by atoms with Gasteiger partial charge in [-0.25, -0.2) is 4.99 Å². The van der Waals surface area contributed by atoms with Gasteiger partial charge < -0.3 is 9.88 Å². The molecule has 5 heteroatoms. The molecule has 0 saturated carbocycles. The van der Waals surface area contributed by atoms with Crippen molar-refractivity contribution in [3.8, 4) is 0 Å². The quantitative estimate of drug-likeness (QED) is 0.773. The monoisotopic (exact) mass is 244 g/mol. The lowest BCUT2D eigenvalue weighted by molar-refractivity contribution is 0.930. The summed E-state index contributed by atoms with van der Waals surface area (Å²) in [6, 6.07) is 1.54. The minimum Gasteiger partial charge on any atom is -0.335 e. The zero-order chi connectivity index (χ0) is 13.3. The third kappa shape index (κ3) is 1.77. The van der Waals surface area contributed by atoms with Crippen molar-refractivity contribution in [3.63, 3.8) is 0 Å². The van der Waals surface area contributed by atoms with Gasteiger partial charge in [0.2, 0.25) is 0 Å². The molecule has 0 bridgehead atoms. The number of rotatable bonds is 0. The number of hydrogen-bond donors (Lipinski definition) is 1. The first-order valence-corrected chi connectivity index (χ1v) is 5.97. The van der Waals surface area contributed by atoms with Crippen molar-refractivity contribution in [2.75, 3.05) is 5.32 Å². The van der Waals surface area contributed by atoms with E-state index >= 15 is 0 Å². The van der Waals surface area contributed by atoms with Crippen LogP contribution in [-0.2, 0) is 7.05 Å². The molecule has 0 aromatic carbocycles. The van der Waals surface area contributed by atoms with Crippen LogP contribution >= 0.6 is 0 Å². The Labute approximate surface area is 105 Å². The van der Waals surface area contributed by atoms with Gasteiger partial charge in [0.25, 0.3) is 5.56 Å². The molecule has 0 amide bonds. The number of anilines is 1. The molecule has 0 aliphatic carbocycles. The Morgan fingerprint density at radius 3 is 2.78 bits per heavy atom. The molecule has 0 unspecified atom stereocenters. The minimum absolute atomic E-state index is 0.236. The summed E-state index contributed by atoms with van der Waals surface area (Å²) in [5.74, 6) is 1.41. The van der Waals surface area contributed by atoms with Crippen molar-refractivity contribution in [2.45, 2.75) is 20.8 Å². The molecule has 3 heterocycles. The van der Waals surface area contributed by atoms with Crippen LogP contribution < -0.4 is 10.9 Å². The molecule has 1 aliphatic rings. The molecule has 0 saturated heterocycles. The average molecular weight is 244 g/mol. The first-order chi connectivity index (χ1) is 8.66. The maximum Gasteiger partial charge on any atom is 0.271 e. The van der Waals surface area contributed by atoms with E-state index in [9.17, 15) is 4.79 Å². The zero-order valence-corrected chi connectivity index (χ0v) is 11.0. The third-order valence-electron chi connectivity index (χ3n) is 2.76. The Morgan fingerprint density at radius 1 is 1.33 bits per heavy atom. The van der Waals surface area contributed by atoms with Crippen LogP contribution in [0.25, 0.3) is 10.8 Å². The zero-order valence-electron chi connectivity index (χ0n) is 11.0. The Balaban J connectivity index is 0.000000574. The van der Waals surface area contributed by atoms with E-state index in [0.29, 0.717) is 5.82 Å². The van der Waals surface area contributed by atoms with Gasteiger partial charge in [0, 0.05) is 24.7 Å². The molecule has 3 rings (SSSR count). The van der Waals surface area contributed by atoms with Gasteiger partial charge in [0.1, 0.15) is 11.6 Å². The average Bonchev–Trinajstić information content (AvgIpc) is 2.64. The lowest BCUT2D eigenvalue weighted by Gasteiger charge is -2.05. The molecule has 0 fully saturated rings.